The lowest BCUT2D eigenvalue weighted by Crippen LogP contribution is -2.02. The third kappa shape index (κ3) is 2.42. The molecule has 0 radical (unpaired) electrons. The molecule has 1 heterocycles. The number of esters is 1. The quantitative estimate of drug-likeness (QED) is 0.468. The summed E-state index contributed by atoms with van der Waals surface area (Å²) in [6.07, 6.45) is 1.39. The van der Waals surface area contributed by atoms with Crippen molar-refractivity contribution in [2.45, 2.75) is 5.33 Å². The van der Waals surface area contributed by atoms with Crippen LogP contribution in [0.5, 0.6) is 0 Å². The van der Waals surface area contributed by atoms with Crippen molar-refractivity contribution in [3.63, 3.8) is 0 Å². The molecule has 1 rings (SSSR count). The van der Waals surface area contributed by atoms with Crippen LogP contribution in [0.4, 0.5) is 0 Å². The van der Waals surface area contributed by atoms with Gasteiger partial charge >= 0.3 is 5.97 Å². The van der Waals surface area contributed by atoms with E-state index in [0.717, 1.165) is 5.56 Å². The van der Waals surface area contributed by atoms with Crippen LogP contribution in [-0.2, 0) is 10.1 Å². The van der Waals surface area contributed by atoms with Crippen LogP contribution in [0.15, 0.2) is 12.3 Å². The predicted octanol–water partition coefficient (Wildman–Crippen LogP) is 2.42. The van der Waals surface area contributed by atoms with Crippen LogP contribution < -0.4 is 0 Å². The second-order valence-electron chi connectivity index (χ2n) is 2.30. The third-order valence-electron chi connectivity index (χ3n) is 1.48. The molecule has 0 spiro atoms. The van der Waals surface area contributed by atoms with E-state index in [9.17, 15) is 4.79 Å². The van der Waals surface area contributed by atoms with Crippen LogP contribution in [0.1, 0.15) is 15.9 Å². The molecule has 0 amide bonds. The Hall–Kier alpha value is -0.610. The lowest BCUT2D eigenvalue weighted by atomic mass is 10.2. The average molecular weight is 265 g/mol. The molecule has 1 aromatic heterocycles. The van der Waals surface area contributed by atoms with Crippen molar-refractivity contribution in [1.82, 2.24) is 4.98 Å². The zero-order valence-electron chi connectivity index (χ0n) is 6.88. The number of halogens is 2. The highest BCUT2D eigenvalue weighted by Gasteiger charge is 2.08. The minimum Gasteiger partial charge on any atom is -0.465 e. The van der Waals surface area contributed by atoms with Gasteiger partial charge in [0.1, 0.15) is 5.15 Å². The Bertz CT molecular complexity index is 330. The Balaban J connectivity index is 3.06. The van der Waals surface area contributed by atoms with Crippen LogP contribution in [-0.4, -0.2) is 18.1 Å². The summed E-state index contributed by atoms with van der Waals surface area (Å²) >= 11 is 8.99. The first-order valence-corrected chi connectivity index (χ1v) is 4.97. The van der Waals surface area contributed by atoms with Crippen molar-refractivity contribution < 1.29 is 9.53 Å². The number of aromatic nitrogens is 1. The molecule has 0 atom stereocenters. The van der Waals surface area contributed by atoms with Gasteiger partial charge in [0.05, 0.1) is 12.7 Å². The fraction of sp³-hybridized carbons (Fsp3) is 0.250. The van der Waals surface area contributed by atoms with E-state index in [1.807, 2.05) is 0 Å². The van der Waals surface area contributed by atoms with Gasteiger partial charge in [-0.25, -0.2) is 9.78 Å². The van der Waals surface area contributed by atoms with Crippen molar-refractivity contribution in [3.8, 4) is 0 Å². The Morgan fingerprint density at radius 1 is 1.77 bits per heavy atom. The van der Waals surface area contributed by atoms with Gasteiger partial charge < -0.3 is 4.74 Å². The molecular formula is C8H7BrClNO2. The number of pyridine rings is 1. The second-order valence-corrected chi connectivity index (χ2v) is 3.22. The SMILES string of the molecule is COC(=O)c1cnc(Cl)c(CBr)c1. The third-order valence-corrected chi connectivity index (χ3v) is 2.42. The fourth-order valence-electron chi connectivity index (χ4n) is 0.817. The summed E-state index contributed by atoms with van der Waals surface area (Å²) in [5, 5.41) is 0.952. The second kappa shape index (κ2) is 4.58. The van der Waals surface area contributed by atoms with Crippen molar-refractivity contribution in [2.24, 2.45) is 0 Å². The number of carbonyl (C=O) groups is 1. The Morgan fingerprint density at radius 3 is 3.00 bits per heavy atom. The van der Waals surface area contributed by atoms with Crippen LogP contribution in [0, 0.1) is 0 Å². The summed E-state index contributed by atoms with van der Waals surface area (Å²) in [4.78, 5) is 14.9. The zero-order chi connectivity index (χ0) is 9.84. The first kappa shape index (κ1) is 10.5. The van der Waals surface area contributed by atoms with Crippen LogP contribution in [0.2, 0.25) is 5.15 Å². The van der Waals surface area contributed by atoms with E-state index in [2.05, 4.69) is 25.7 Å². The van der Waals surface area contributed by atoms with Crippen molar-refractivity contribution >= 4 is 33.5 Å². The van der Waals surface area contributed by atoms with Crippen LogP contribution >= 0.6 is 27.5 Å². The van der Waals surface area contributed by atoms with Gasteiger partial charge in [0, 0.05) is 17.1 Å². The fourth-order valence-corrected chi connectivity index (χ4v) is 1.58. The Labute approximate surface area is 89.2 Å². The predicted molar refractivity (Wildman–Crippen MR) is 53.2 cm³/mol. The number of nitrogens with zero attached hydrogens (tertiary/aromatic N) is 1. The van der Waals surface area contributed by atoms with Crippen molar-refractivity contribution in [3.05, 3.63) is 28.5 Å². The van der Waals surface area contributed by atoms with E-state index >= 15 is 0 Å². The van der Waals surface area contributed by atoms with Gasteiger partial charge in [0.15, 0.2) is 0 Å². The highest BCUT2D eigenvalue weighted by Crippen LogP contribution is 2.17. The van der Waals surface area contributed by atoms with E-state index in [4.69, 9.17) is 11.6 Å². The van der Waals surface area contributed by atoms with Gasteiger partial charge in [-0.3, -0.25) is 0 Å². The van der Waals surface area contributed by atoms with Crippen LogP contribution in [0.25, 0.3) is 0 Å². The largest absolute Gasteiger partial charge is 0.465 e. The van der Waals surface area contributed by atoms with Gasteiger partial charge in [0.25, 0.3) is 0 Å². The molecule has 5 heteroatoms. The molecule has 0 saturated heterocycles. The molecule has 0 aromatic carbocycles. The first-order chi connectivity index (χ1) is 6.19. The number of methoxy groups -OCH3 is 1. The van der Waals surface area contributed by atoms with Crippen LogP contribution in [0.3, 0.4) is 0 Å². The summed E-state index contributed by atoms with van der Waals surface area (Å²) in [6, 6.07) is 1.65. The molecule has 0 aliphatic heterocycles. The first-order valence-electron chi connectivity index (χ1n) is 3.47. The minimum atomic E-state index is -0.411. The molecule has 0 fully saturated rings. The van der Waals surface area contributed by atoms with Crippen molar-refractivity contribution in [2.75, 3.05) is 7.11 Å². The van der Waals surface area contributed by atoms with Gasteiger partial charge in [-0.05, 0) is 6.07 Å². The highest BCUT2D eigenvalue weighted by atomic mass is 79.9. The zero-order valence-corrected chi connectivity index (χ0v) is 9.22. The molecule has 0 saturated carbocycles. The smallest absolute Gasteiger partial charge is 0.339 e. The molecule has 0 unspecified atom stereocenters. The maximum Gasteiger partial charge on any atom is 0.339 e. The number of carbonyl (C=O) groups excluding carboxylic acids is 1. The molecule has 13 heavy (non-hydrogen) atoms. The number of alkyl halides is 1. The van der Waals surface area contributed by atoms with Crippen molar-refractivity contribution in [1.29, 1.82) is 0 Å². The number of hydrogen-bond acceptors (Lipinski definition) is 3. The lowest BCUT2D eigenvalue weighted by Gasteiger charge is -2.02. The van der Waals surface area contributed by atoms with E-state index in [-0.39, 0.29) is 0 Å². The van der Waals surface area contributed by atoms with Gasteiger partial charge in [-0.15, -0.1) is 0 Å². The molecule has 3 nitrogen and oxygen atoms in total. The summed E-state index contributed by atoms with van der Waals surface area (Å²) in [5.41, 5.74) is 1.17. The molecule has 1 aromatic rings. The van der Waals surface area contributed by atoms with E-state index < -0.39 is 5.97 Å². The van der Waals surface area contributed by atoms with E-state index in [1.54, 1.807) is 6.07 Å². The number of rotatable bonds is 2. The normalized spacial score (nSPS) is 9.77. The van der Waals surface area contributed by atoms with E-state index in [0.29, 0.717) is 16.0 Å². The Kier molecular flexibility index (Phi) is 3.69. The Morgan fingerprint density at radius 2 is 2.46 bits per heavy atom. The minimum absolute atomic E-state index is 0.393. The standard InChI is InChI=1S/C8H7BrClNO2/c1-13-8(12)6-2-5(3-9)7(10)11-4-6/h2,4H,3H2,1H3. The summed E-state index contributed by atoms with van der Waals surface area (Å²) < 4.78 is 4.54. The molecular weight excluding hydrogens is 257 g/mol. The lowest BCUT2D eigenvalue weighted by molar-refractivity contribution is 0.0600. The highest BCUT2D eigenvalue weighted by molar-refractivity contribution is 9.08. The molecule has 70 valence electrons. The van der Waals surface area contributed by atoms with E-state index in [1.165, 1.54) is 13.3 Å². The molecule has 0 aliphatic carbocycles. The topological polar surface area (TPSA) is 39.2 Å². The summed E-state index contributed by atoms with van der Waals surface area (Å²) in [6.45, 7) is 0. The van der Waals surface area contributed by atoms with Gasteiger partial charge in [0.2, 0.25) is 0 Å². The number of hydrogen-bond donors (Lipinski definition) is 0. The van der Waals surface area contributed by atoms with Gasteiger partial charge in [-0.1, -0.05) is 27.5 Å². The molecule has 0 aliphatic rings. The number of ether oxygens (including phenoxy) is 1. The summed E-state index contributed by atoms with van der Waals surface area (Å²) in [5.74, 6) is -0.411. The molecule has 0 bridgehead atoms. The molecule has 0 N–H and O–H groups in total. The monoisotopic (exact) mass is 263 g/mol. The maximum atomic E-state index is 11.1. The van der Waals surface area contributed by atoms with Gasteiger partial charge in [-0.2, -0.15) is 0 Å². The maximum absolute atomic E-state index is 11.1. The average Bonchev–Trinajstić information content (AvgIpc) is 2.17. The summed E-state index contributed by atoms with van der Waals surface area (Å²) in [7, 11) is 1.32.